The Balaban J connectivity index is 1.19. The molecule has 11 rings (SSSR count). The molecule has 1 atom stereocenters. The standard InChI is InChI=1S/C56H41NO/c1-5-46-52(6-2)58-53-23-15-14-22-48(53)56(46)49-33-26-38-18-10-11-19-42(38)54(49)45-32-30-41(35-51(45)56)57(39-27-24-37(25-28-39)36-16-8-7-9-17-36)40-29-31-44-43-20-12-13-21-47(43)55(3,4)50(44)34-40/h5-35H,1-2H2,3-4H3. The molecular formula is C56H41NO. The first kappa shape index (κ1) is 34.1. The Morgan fingerprint density at radius 2 is 1.10 bits per heavy atom. The van der Waals surface area contributed by atoms with Crippen molar-refractivity contribution in [2.75, 3.05) is 4.90 Å². The van der Waals surface area contributed by atoms with Crippen LogP contribution in [-0.4, -0.2) is 0 Å². The summed E-state index contributed by atoms with van der Waals surface area (Å²) in [4.78, 5) is 2.43. The van der Waals surface area contributed by atoms with Crippen LogP contribution in [0.5, 0.6) is 5.75 Å². The molecule has 0 radical (unpaired) electrons. The Labute approximate surface area is 340 Å². The molecule has 2 aliphatic carbocycles. The molecule has 1 aliphatic heterocycles. The molecule has 276 valence electrons. The van der Waals surface area contributed by atoms with Crippen LogP contribution in [0.2, 0.25) is 0 Å². The highest BCUT2D eigenvalue weighted by atomic mass is 16.5. The van der Waals surface area contributed by atoms with Gasteiger partial charge in [-0.3, -0.25) is 0 Å². The van der Waals surface area contributed by atoms with Gasteiger partial charge in [0.05, 0.1) is 5.41 Å². The second kappa shape index (κ2) is 12.7. The average molecular weight is 744 g/mol. The topological polar surface area (TPSA) is 12.5 Å². The number of rotatable bonds is 6. The normalized spacial score (nSPS) is 16.5. The van der Waals surface area contributed by atoms with Crippen LogP contribution in [0.3, 0.4) is 0 Å². The summed E-state index contributed by atoms with van der Waals surface area (Å²) in [6, 6.07) is 64.4. The number of benzene rings is 8. The van der Waals surface area contributed by atoms with Gasteiger partial charge in [-0.15, -0.1) is 0 Å². The summed E-state index contributed by atoms with van der Waals surface area (Å²) >= 11 is 0. The van der Waals surface area contributed by atoms with Gasteiger partial charge in [0.1, 0.15) is 11.5 Å². The third kappa shape index (κ3) is 4.66. The molecule has 1 spiro atoms. The molecule has 2 nitrogen and oxygen atoms in total. The summed E-state index contributed by atoms with van der Waals surface area (Å²) in [6.07, 6.45) is 3.82. The van der Waals surface area contributed by atoms with Crippen molar-refractivity contribution in [2.24, 2.45) is 0 Å². The predicted molar refractivity (Wildman–Crippen MR) is 241 cm³/mol. The lowest BCUT2D eigenvalue weighted by Crippen LogP contribution is -2.34. The lowest BCUT2D eigenvalue weighted by atomic mass is 9.65. The summed E-state index contributed by atoms with van der Waals surface area (Å²) in [5, 5.41) is 2.44. The lowest BCUT2D eigenvalue weighted by Gasteiger charge is -2.40. The zero-order valence-corrected chi connectivity index (χ0v) is 32.7. The largest absolute Gasteiger partial charge is 0.457 e. The van der Waals surface area contributed by atoms with Gasteiger partial charge in [-0.25, -0.2) is 0 Å². The molecule has 0 bridgehead atoms. The number of fused-ring (bicyclic) bond motifs is 12. The van der Waals surface area contributed by atoms with Crippen LogP contribution in [-0.2, 0) is 10.8 Å². The molecule has 2 heteroatoms. The van der Waals surface area contributed by atoms with Gasteiger partial charge in [0.15, 0.2) is 0 Å². The minimum absolute atomic E-state index is 0.147. The summed E-state index contributed by atoms with van der Waals surface area (Å²) in [7, 11) is 0. The SMILES string of the molecule is C=CC1=C(C=C)C2(c3ccccc3O1)c1cc(N(c3ccc(-c4ccccc4)cc3)c3ccc4c(c3)C(C)(C)c3ccccc3-4)ccc1-c1c2ccc2ccccc12. The molecule has 0 N–H and O–H groups in total. The second-order valence-electron chi connectivity index (χ2n) is 16.1. The van der Waals surface area contributed by atoms with Crippen LogP contribution >= 0.6 is 0 Å². The number of allylic oxidation sites excluding steroid dienone is 3. The Morgan fingerprint density at radius 1 is 0.483 bits per heavy atom. The quantitative estimate of drug-likeness (QED) is 0.168. The van der Waals surface area contributed by atoms with E-state index in [1.807, 2.05) is 18.2 Å². The van der Waals surface area contributed by atoms with Gasteiger partial charge >= 0.3 is 0 Å². The van der Waals surface area contributed by atoms with Crippen molar-refractivity contribution >= 4 is 27.8 Å². The molecule has 0 saturated carbocycles. The number of para-hydroxylation sites is 1. The Morgan fingerprint density at radius 3 is 1.88 bits per heavy atom. The monoisotopic (exact) mass is 743 g/mol. The fourth-order valence-electron chi connectivity index (χ4n) is 10.3. The van der Waals surface area contributed by atoms with Crippen molar-refractivity contribution in [1.29, 1.82) is 0 Å². The summed E-state index contributed by atoms with van der Waals surface area (Å²) in [6.45, 7) is 13.4. The van der Waals surface area contributed by atoms with E-state index in [0.29, 0.717) is 0 Å². The van der Waals surface area contributed by atoms with Gasteiger partial charge < -0.3 is 9.64 Å². The van der Waals surface area contributed by atoms with E-state index in [-0.39, 0.29) is 5.41 Å². The molecule has 1 heterocycles. The van der Waals surface area contributed by atoms with E-state index < -0.39 is 5.41 Å². The summed E-state index contributed by atoms with van der Waals surface area (Å²) in [5.41, 5.74) is 17.1. The van der Waals surface area contributed by atoms with Gasteiger partial charge in [-0.05, 0) is 115 Å². The molecule has 1 unspecified atom stereocenters. The van der Waals surface area contributed by atoms with Gasteiger partial charge in [-0.2, -0.15) is 0 Å². The molecule has 58 heavy (non-hydrogen) atoms. The number of hydrogen-bond acceptors (Lipinski definition) is 2. The first-order chi connectivity index (χ1) is 28.4. The zero-order valence-electron chi connectivity index (χ0n) is 32.7. The average Bonchev–Trinajstić information content (AvgIpc) is 3.69. The zero-order chi connectivity index (χ0) is 39.2. The lowest BCUT2D eigenvalue weighted by molar-refractivity contribution is 0.403. The van der Waals surface area contributed by atoms with E-state index in [4.69, 9.17) is 4.74 Å². The fraction of sp³-hybridized carbons (Fsp3) is 0.0714. The molecule has 8 aromatic carbocycles. The maximum atomic E-state index is 6.62. The molecule has 0 aromatic heterocycles. The first-order valence-corrected chi connectivity index (χ1v) is 20.1. The van der Waals surface area contributed by atoms with Crippen molar-refractivity contribution < 1.29 is 4.74 Å². The summed E-state index contributed by atoms with van der Waals surface area (Å²) < 4.78 is 6.62. The van der Waals surface area contributed by atoms with E-state index in [9.17, 15) is 0 Å². The van der Waals surface area contributed by atoms with E-state index in [1.54, 1.807) is 0 Å². The number of nitrogens with zero attached hydrogens (tertiary/aromatic N) is 1. The Kier molecular flexibility index (Phi) is 7.46. The van der Waals surface area contributed by atoms with Crippen LogP contribution in [0.15, 0.2) is 213 Å². The Hall–Kier alpha value is -7.16. The molecular weight excluding hydrogens is 703 g/mol. The predicted octanol–water partition coefficient (Wildman–Crippen LogP) is 14.6. The van der Waals surface area contributed by atoms with Crippen molar-refractivity contribution in [3.63, 3.8) is 0 Å². The van der Waals surface area contributed by atoms with Gasteiger partial charge in [0.2, 0.25) is 0 Å². The van der Waals surface area contributed by atoms with Crippen molar-refractivity contribution in [3.8, 4) is 39.1 Å². The van der Waals surface area contributed by atoms with E-state index in [0.717, 1.165) is 39.7 Å². The van der Waals surface area contributed by atoms with Gasteiger partial charge in [0, 0.05) is 33.6 Å². The van der Waals surface area contributed by atoms with Gasteiger partial charge in [0.25, 0.3) is 0 Å². The maximum Gasteiger partial charge on any atom is 0.132 e. The van der Waals surface area contributed by atoms with Gasteiger partial charge in [-0.1, -0.05) is 167 Å². The van der Waals surface area contributed by atoms with Crippen molar-refractivity contribution in [1.82, 2.24) is 0 Å². The highest BCUT2D eigenvalue weighted by molar-refractivity contribution is 6.05. The van der Waals surface area contributed by atoms with E-state index in [1.165, 1.54) is 66.4 Å². The molecule has 0 fully saturated rings. The fourth-order valence-corrected chi connectivity index (χ4v) is 10.3. The molecule has 3 aliphatic rings. The number of hydrogen-bond donors (Lipinski definition) is 0. The summed E-state index contributed by atoms with van der Waals surface area (Å²) in [5.74, 6) is 1.55. The molecule has 8 aromatic rings. The number of ether oxygens (including phenoxy) is 1. The Bertz CT molecular complexity index is 3040. The van der Waals surface area contributed by atoms with E-state index in [2.05, 4.69) is 202 Å². The van der Waals surface area contributed by atoms with Crippen LogP contribution in [0.1, 0.15) is 41.7 Å². The minimum atomic E-state index is -0.699. The number of anilines is 3. The van der Waals surface area contributed by atoms with Crippen LogP contribution < -0.4 is 9.64 Å². The maximum absolute atomic E-state index is 6.62. The highest BCUT2D eigenvalue weighted by Gasteiger charge is 2.52. The van der Waals surface area contributed by atoms with Crippen LogP contribution in [0, 0.1) is 0 Å². The third-order valence-electron chi connectivity index (χ3n) is 12.9. The second-order valence-corrected chi connectivity index (χ2v) is 16.1. The third-order valence-corrected chi connectivity index (χ3v) is 12.9. The van der Waals surface area contributed by atoms with Crippen LogP contribution in [0.25, 0.3) is 44.2 Å². The van der Waals surface area contributed by atoms with Crippen molar-refractivity contribution in [3.05, 3.63) is 240 Å². The molecule has 0 amide bonds. The minimum Gasteiger partial charge on any atom is -0.457 e. The first-order valence-electron chi connectivity index (χ1n) is 20.1. The smallest absolute Gasteiger partial charge is 0.132 e. The molecule has 0 saturated heterocycles. The highest BCUT2D eigenvalue weighted by Crippen LogP contribution is 2.63. The van der Waals surface area contributed by atoms with Crippen molar-refractivity contribution in [2.45, 2.75) is 24.7 Å². The van der Waals surface area contributed by atoms with Crippen LogP contribution in [0.4, 0.5) is 17.1 Å². The van der Waals surface area contributed by atoms with E-state index >= 15 is 0 Å².